The Morgan fingerprint density at radius 1 is 1.21 bits per heavy atom. The molecule has 0 fully saturated rings. The quantitative estimate of drug-likeness (QED) is 0.783. The van der Waals surface area contributed by atoms with Gasteiger partial charge in [-0.3, -0.25) is 5.10 Å². The fourth-order valence-electron chi connectivity index (χ4n) is 1.47. The van der Waals surface area contributed by atoms with Crippen molar-refractivity contribution in [2.75, 3.05) is 11.9 Å². The minimum atomic E-state index is 1.08. The normalized spacial score (nSPS) is 10.1. The van der Waals surface area contributed by atoms with Gasteiger partial charge in [-0.2, -0.15) is 5.10 Å². The van der Waals surface area contributed by atoms with Crippen LogP contribution < -0.4 is 4.90 Å². The van der Waals surface area contributed by atoms with Gasteiger partial charge in [-0.15, -0.1) is 0 Å². The van der Waals surface area contributed by atoms with Crippen molar-refractivity contribution in [3.05, 3.63) is 42.2 Å². The Bertz CT molecular complexity index is 405. The summed E-state index contributed by atoms with van der Waals surface area (Å²) in [7, 11) is 2.03. The first-order valence-corrected chi connectivity index (χ1v) is 4.58. The molecule has 2 aromatic rings. The Kier molecular flexibility index (Phi) is 2.23. The predicted octanol–water partition coefficient (Wildman–Crippen LogP) is 2.49. The molecule has 3 heteroatoms. The van der Waals surface area contributed by atoms with Gasteiger partial charge >= 0.3 is 0 Å². The summed E-state index contributed by atoms with van der Waals surface area (Å²) in [5, 5.41) is 6.93. The van der Waals surface area contributed by atoms with E-state index in [9.17, 15) is 0 Å². The van der Waals surface area contributed by atoms with Gasteiger partial charge in [-0.25, -0.2) is 0 Å². The average molecular weight is 187 g/mol. The topological polar surface area (TPSA) is 31.9 Å². The highest BCUT2D eigenvalue weighted by Gasteiger charge is 2.07. The van der Waals surface area contributed by atoms with Crippen LogP contribution in [0.15, 0.2) is 36.5 Å². The van der Waals surface area contributed by atoms with E-state index >= 15 is 0 Å². The summed E-state index contributed by atoms with van der Waals surface area (Å²) in [5.41, 5.74) is 3.35. The van der Waals surface area contributed by atoms with Crippen molar-refractivity contribution >= 4 is 11.4 Å². The average Bonchev–Trinajstić information content (AvgIpc) is 2.65. The van der Waals surface area contributed by atoms with E-state index < -0.39 is 0 Å². The predicted molar refractivity (Wildman–Crippen MR) is 57.8 cm³/mol. The van der Waals surface area contributed by atoms with Gasteiger partial charge in [0.25, 0.3) is 0 Å². The van der Waals surface area contributed by atoms with E-state index in [1.165, 1.54) is 0 Å². The van der Waals surface area contributed by atoms with Crippen LogP contribution in [0.2, 0.25) is 0 Å². The fraction of sp³-hybridized carbons (Fsp3) is 0.182. The van der Waals surface area contributed by atoms with E-state index in [4.69, 9.17) is 0 Å². The molecular formula is C11H13N3. The van der Waals surface area contributed by atoms with Gasteiger partial charge in [0, 0.05) is 12.7 Å². The number of hydrogen-bond acceptors (Lipinski definition) is 2. The molecule has 0 bridgehead atoms. The summed E-state index contributed by atoms with van der Waals surface area (Å²) in [5.74, 6) is 0. The molecular weight excluding hydrogens is 174 g/mol. The number of aryl methyl sites for hydroxylation is 1. The van der Waals surface area contributed by atoms with Crippen LogP contribution in [-0.4, -0.2) is 17.2 Å². The molecule has 3 nitrogen and oxygen atoms in total. The number of H-pyrrole nitrogens is 1. The number of para-hydroxylation sites is 1. The molecule has 0 unspecified atom stereocenters. The van der Waals surface area contributed by atoms with Crippen LogP contribution in [0.1, 0.15) is 5.69 Å². The van der Waals surface area contributed by atoms with Crippen molar-refractivity contribution in [3.8, 4) is 0 Å². The summed E-state index contributed by atoms with van der Waals surface area (Å²) in [6.07, 6.45) is 1.84. The second-order valence-electron chi connectivity index (χ2n) is 3.27. The van der Waals surface area contributed by atoms with Crippen molar-refractivity contribution in [2.45, 2.75) is 6.92 Å². The van der Waals surface area contributed by atoms with Crippen LogP contribution in [0.4, 0.5) is 11.4 Å². The lowest BCUT2D eigenvalue weighted by atomic mass is 10.2. The number of benzene rings is 1. The largest absolute Gasteiger partial charge is 0.342 e. The highest BCUT2D eigenvalue weighted by Crippen LogP contribution is 2.24. The lowest BCUT2D eigenvalue weighted by Gasteiger charge is -2.17. The molecule has 1 N–H and O–H groups in total. The van der Waals surface area contributed by atoms with E-state index in [1.54, 1.807) is 0 Å². The Morgan fingerprint density at radius 2 is 1.93 bits per heavy atom. The van der Waals surface area contributed by atoms with Crippen LogP contribution in [-0.2, 0) is 0 Å². The molecule has 0 spiro atoms. The fourth-order valence-corrected chi connectivity index (χ4v) is 1.47. The molecule has 0 saturated carbocycles. The molecule has 0 radical (unpaired) electrons. The van der Waals surface area contributed by atoms with Crippen molar-refractivity contribution in [3.63, 3.8) is 0 Å². The molecule has 0 aliphatic rings. The lowest BCUT2D eigenvalue weighted by molar-refractivity contribution is 1.04. The second-order valence-corrected chi connectivity index (χ2v) is 3.27. The van der Waals surface area contributed by atoms with Crippen LogP contribution in [0.25, 0.3) is 0 Å². The summed E-state index contributed by atoms with van der Waals surface area (Å²) in [4.78, 5) is 2.11. The summed E-state index contributed by atoms with van der Waals surface area (Å²) in [6, 6.07) is 10.2. The maximum Gasteiger partial charge on any atom is 0.0821 e. The number of aromatic amines is 1. The monoisotopic (exact) mass is 187 g/mol. The Balaban J connectivity index is 2.34. The van der Waals surface area contributed by atoms with Gasteiger partial charge in [0.05, 0.1) is 17.6 Å². The first kappa shape index (κ1) is 8.81. The van der Waals surface area contributed by atoms with Gasteiger partial charge in [0.15, 0.2) is 0 Å². The van der Waals surface area contributed by atoms with E-state index in [2.05, 4.69) is 27.2 Å². The third kappa shape index (κ3) is 1.48. The van der Waals surface area contributed by atoms with Crippen LogP contribution in [0, 0.1) is 6.92 Å². The molecule has 1 aromatic heterocycles. The van der Waals surface area contributed by atoms with Gasteiger partial charge in [0.1, 0.15) is 0 Å². The SMILES string of the molecule is Cc1[nH]ncc1N(C)c1ccccc1. The maximum atomic E-state index is 4.00. The van der Waals surface area contributed by atoms with Gasteiger partial charge in [0.2, 0.25) is 0 Å². The van der Waals surface area contributed by atoms with Gasteiger partial charge in [-0.1, -0.05) is 18.2 Å². The van der Waals surface area contributed by atoms with Gasteiger partial charge < -0.3 is 4.90 Å². The molecule has 72 valence electrons. The number of aromatic nitrogens is 2. The Morgan fingerprint density at radius 3 is 2.50 bits per heavy atom. The standard InChI is InChI=1S/C11H13N3/c1-9-11(8-12-13-9)14(2)10-6-4-3-5-7-10/h3-8H,1-2H3,(H,12,13). The van der Waals surface area contributed by atoms with Crippen molar-refractivity contribution in [2.24, 2.45) is 0 Å². The van der Waals surface area contributed by atoms with Crippen molar-refractivity contribution < 1.29 is 0 Å². The van der Waals surface area contributed by atoms with Crippen LogP contribution in [0.5, 0.6) is 0 Å². The molecule has 0 aliphatic carbocycles. The Hall–Kier alpha value is -1.77. The third-order valence-electron chi connectivity index (χ3n) is 2.31. The first-order chi connectivity index (χ1) is 6.79. The van der Waals surface area contributed by atoms with Crippen LogP contribution >= 0.6 is 0 Å². The molecule has 1 heterocycles. The number of rotatable bonds is 2. The molecule has 14 heavy (non-hydrogen) atoms. The molecule has 2 rings (SSSR count). The zero-order chi connectivity index (χ0) is 9.97. The number of hydrogen-bond donors (Lipinski definition) is 1. The van der Waals surface area contributed by atoms with Crippen molar-refractivity contribution in [1.82, 2.24) is 10.2 Å². The summed E-state index contributed by atoms with van der Waals surface area (Å²) < 4.78 is 0. The number of anilines is 2. The number of nitrogens with zero attached hydrogens (tertiary/aromatic N) is 2. The van der Waals surface area contributed by atoms with Crippen molar-refractivity contribution in [1.29, 1.82) is 0 Å². The highest BCUT2D eigenvalue weighted by atomic mass is 15.2. The Labute approximate surface area is 83.4 Å². The minimum absolute atomic E-state index is 1.08. The van der Waals surface area contributed by atoms with E-state index in [0.717, 1.165) is 17.1 Å². The maximum absolute atomic E-state index is 4.00. The zero-order valence-electron chi connectivity index (χ0n) is 8.36. The molecule has 0 amide bonds. The highest BCUT2D eigenvalue weighted by molar-refractivity contribution is 5.63. The summed E-state index contributed by atoms with van der Waals surface area (Å²) >= 11 is 0. The van der Waals surface area contributed by atoms with Crippen LogP contribution in [0.3, 0.4) is 0 Å². The van der Waals surface area contributed by atoms with E-state index in [1.807, 2.05) is 38.4 Å². The second kappa shape index (κ2) is 3.54. The number of nitrogens with one attached hydrogen (secondary N) is 1. The molecule has 0 saturated heterocycles. The summed E-state index contributed by atoms with van der Waals surface area (Å²) in [6.45, 7) is 2.02. The lowest BCUT2D eigenvalue weighted by Crippen LogP contribution is -2.09. The minimum Gasteiger partial charge on any atom is -0.342 e. The smallest absolute Gasteiger partial charge is 0.0821 e. The van der Waals surface area contributed by atoms with E-state index in [0.29, 0.717) is 0 Å². The van der Waals surface area contributed by atoms with E-state index in [-0.39, 0.29) is 0 Å². The molecule has 1 aromatic carbocycles. The van der Waals surface area contributed by atoms with Gasteiger partial charge in [-0.05, 0) is 19.1 Å². The molecule has 0 aliphatic heterocycles. The third-order valence-corrected chi connectivity index (χ3v) is 2.31. The zero-order valence-corrected chi connectivity index (χ0v) is 8.36. The molecule has 0 atom stereocenters. The first-order valence-electron chi connectivity index (χ1n) is 4.58.